The Kier molecular flexibility index (Phi) is 5.12. The smallest absolute Gasteiger partial charge is 0.276 e. The minimum Gasteiger partial charge on any atom is -0.456 e. The van der Waals surface area contributed by atoms with Gasteiger partial charge in [0.05, 0.1) is 11.9 Å². The Morgan fingerprint density at radius 1 is 0.885 bits per heavy atom. The van der Waals surface area contributed by atoms with Gasteiger partial charge in [-0.2, -0.15) is 0 Å². The fraction of sp³-hybridized carbons (Fsp3) is 0.150. The Labute approximate surface area is 152 Å². The molecule has 3 rings (SSSR count). The maximum Gasteiger partial charge on any atom is 0.276 e. The Morgan fingerprint density at radius 2 is 1.65 bits per heavy atom. The molecule has 0 aliphatic rings. The van der Waals surface area contributed by atoms with Gasteiger partial charge in [0.15, 0.2) is 5.82 Å². The lowest BCUT2D eigenvalue weighted by Crippen LogP contribution is -2.29. The van der Waals surface area contributed by atoms with E-state index in [1.807, 2.05) is 55.4 Å². The van der Waals surface area contributed by atoms with Crippen LogP contribution < -0.4 is 14.5 Å². The topological polar surface area (TPSA) is 58.6 Å². The van der Waals surface area contributed by atoms with E-state index < -0.39 is 0 Å². The van der Waals surface area contributed by atoms with Gasteiger partial charge < -0.3 is 14.5 Å². The number of para-hydroxylation sites is 1. The number of benzene rings is 1. The monoisotopic (exact) mass is 348 g/mol. The van der Waals surface area contributed by atoms with E-state index in [1.165, 1.54) is 0 Å². The highest BCUT2D eigenvalue weighted by atomic mass is 16.5. The summed E-state index contributed by atoms with van der Waals surface area (Å²) in [6.45, 7) is 0. The van der Waals surface area contributed by atoms with E-state index in [2.05, 4.69) is 9.97 Å². The van der Waals surface area contributed by atoms with E-state index in [0.29, 0.717) is 22.9 Å². The molecule has 0 saturated carbocycles. The number of nitrogens with zero attached hydrogens (tertiary/aromatic N) is 4. The second-order valence-electron chi connectivity index (χ2n) is 5.90. The number of ether oxygens (including phenoxy) is 1. The van der Waals surface area contributed by atoms with Gasteiger partial charge in [0.25, 0.3) is 5.91 Å². The molecule has 6 nitrogen and oxygen atoms in total. The molecule has 6 heteroatoms. The molecule has 0 radical (unpaired) electrons. The van der Waals surface area contributed by atoms with Crippen LogP contribution in [0.25, 0.3) is 0 Å². The number of carbonyl (C=O) groups excluding carboxylic acids is 1. The van der Waals surface area contributed by atoms with Crippen LogP contribution in [0.3, 0.4) is 0 Å². The van der Waals surface area contributed by atoms with Crippen molar-refractivity contribution in [2.45, 2.75) is 0 Å². The maximum absolute atomic E-state index is 12.8. The number of pyridine rings is 2. The summed E-state index contributed by atoms with van der Waals surface area (Å²) in [6, 6.07) is 16.5. The predicted octanol–water partition coefficient (Wildman–Crippen LogP) is 3.61. The van der Waals surface area contributed by atoms with Gasteiger partial charge in [-0.25, -0.2) is 9.97 Å². The first-order valence-corrected chi connectivity index (χ1v) is 8.15. The van der Waals surface area contributed by atoms with Gasteiger partial charge in [-0.3, -0.25) is 4.79 Å². The molecule has 0 saturated heterocycles. The van der Waals surface area contributed by atoms with Crippen molar-refractivity contribution in [3.63, 3.8) is 0 Å². The average Bonchev–Trinajstić information content (AvgIpc) is 2.68. The standard InChI is InChI=1S/C20H20N4O2/c1-23(2)19-18(10-7-13-21-19)24(3)20(25)17-12-11-16(14-22-17)26-15-8-5-4-6-9-15/h4-14H,1-3H3. The third-order valence-electron chi connectivity index (χ3n) is 3.79. The number of anilines is 2. The van der Waals surface area contributed by atoms with Crippen molar-refractivity contribution >= 4 is 17.4 Å². The molecule has 0 bridgehead atoms. The second kappa shape index (κ2) is 7.65. The molecule has 0 fully saturated rings. The van der Waals surface area contributed by atoms with Crippen LogP contribution in [0.5, 0.6) is 11.5 Å². The van der Waals surface area contributed by atoms with Crippen LogP contribution in [0.2, 0.25) is 0 Å². The Balaban J connectivity index is 1.78. The summed E-state index contributed by atoms with van der Waals surface area (Å²) in [5, 5.41) is 0. The van der Waals surface area contributed by atoms with Crippen LogP contribution in [-0.4, -0.2) is 37.0 Å². The summed E-state index contributed by atoms with van der Waals surface area (Å²) < 4.78 is 5.70. The molecule has 2 heterocycles. The summed E-state index contributed by atoms with van der Waals surface area (Å²) in [5.74, 6) is 1.79. The molecule has 1 amide bonds. The molecule has 26 heavy (non-hydrogen) atoms. The van der Waals surface area contributed by atoms with Gasteiger partial charge >= 0.3 is 0 Å². The van der Waals surface area contributed by atoms with E-state index in [-0.39, 0.29) is 5.91 Å². The molecule has 1 aromatic carbocycles. The van der Waals surface area contributed by atoms with Gasteiger partial charge in [-0.15, -0.1) is 0 Å². The zero-order chi connectivity index (χ0) is 18.5. The van der Waals surface area contributed by atoms with Gasteiger partial charge in [0.1, 0.15) is 17.2 Å². The molecule has 0 aliphatic heterocycles. The number of rotatable bonds is 5. The van der Waals surface area contributed by atoms with Crippen LogP contribution in [-0.2, 0) is 0 Å². The summed E-state index contributed by atoms with van der Waals surface area (Å²) in [7, 11) is 5.48. The van der Waals surface area contributed by atoms with Crippen LogP contribution in [0.15, 0.2) is 67.0 Å². The molecule has 3 aromatic rings. The molecule has 0 atom stereocenters. The number of hydrogen-bond donors (Lipinski definition) is 0. The molecule has 2 aromatic heterocycles. The van der Waals surface area contributed by atoms with Crippen molar-refractivity contribution in [3.05, 3.63) is 72.7 Å². The highest BCUT2D eigenvalue weighted by Crippen LogP contribution is 2.26. The molecular formula is C20H20N4O2. The zero-order valence-corrected chi connectivity index (χ0v) is 15.0. The van der Waals surface area contributed by atoms with E-state index in [0.717, 1.165) is 5.75 Å². The molecule has 0 unspecified atom stereocenters. The zero-order valence-electron chi connectivity index (χ0n) is 15.0. The van der Waals surface area contributed by atoms with Crippen molar-refractivity contribution < 1.29 is 9.53 Å². The van der Waals surface area contributed by atoms with Crippen molar-refractivity contribution in [2.75, 3.05) is 30.9 Å². The Hall–Kier alpha value is -3.41. The van der Waals surface area contributed by atoms with Gasteiger partial charge in [-0.1, -0.05) is 18.2 Å². The van der Waals surface area contributed by atoms with E-state index >= 15 is 0 Å². The van der Waals surface area contributed by atoms with Crippen LogP contribution >= 0.6 is 0 Å². The molecule has 0 aliphatic carbocycles. The fourth-order valence-corrected chi connectivity index (χ4v) is 2.47. The number of carbonyl (C=O) groups is 1. The third kappa shape index (κ3) is 3.80. The maximum atomic E-state index is 12.8. The molecule has 0 N–H and O–H groups in total. The normalized spacial score (nSPS) is 10.3. The minimum absolute atomic E-state index is 0.215. The first-order chi connectivity index (χ1) is 12.6. The summed E-state index contributed by atoms with van der Waals surface area (Å²) in [5.41, 5.74) is 1.05. The van der Waals surface area contributed by atoms with Crippen LogP contribution in [0.4, 0.5) is 11.5 Å². The Bertz CT molecular complexity index is 880. The van der Waals surface area contributed by atoms with E-state index in [4.69, 9.17) is 4.74 Å². The average molecular weight is 348 g/mol. The van der Waals surface area contributed by atoms with Crippen LogP contribution in [0, 0.1) is 0 Å². The van der Waals surface area contributed by atoms with Crippen molar-refractivity contribution in [1.82, 2.24) is 9.97 Å². The fourth-order valence-electron chi connectivity index (χ4n) is 2.47. The van der Waals surface area contributed by atoms with E-state index in [9.17, 15) is 4.79 Å². The second-order valence-corrected chi connectivity index (χ2v) is 5.90. The first kappa shape index (κ1) is 17.4. The molecule has 0 spiro atoms. The van der Waals surface area contributed by atoms with Gasteiger partial charge in [-0.05, 0) is 36.4 Å². The van der Waals surface area contributed by atoms with E-state index in [1.54, 1.807) is 42.5 Å². The van der Waals surface area contributed by atoms with Crippen LogP contribution in [0.1, 0.15) is 10.5 Å². The first-order valence-electron chi connectivity index (χ1n) is 8.15. The lowest BCUT2D eigenvalue weighted by atomic mass is 10.2. The lowest BCUT2D eigenvalue weighted by molar-refractivity contribution is 0.0988. The summed E-state index contributed by atoms with van der Waals surface area (Å²) >= 11 is 0. The third-order valence-corrected chi connectivity index (χ3v) is 3.79. The predicted molar refractivity (Wildman–Crippen MR) is 102 cm³/mol. The Morgan fingerprint density at radius 3 is 2.31 bits per heavy atom. The van der Waals surface area contributed by atoms with Gasteiger partial charge in [0.2, 0.25) is 0 Å². The SMILES string of the molecule is CN(C)c1ncccc1N(C)C(=O)c1ccc(Oc2ccccc2)cn1. The summed E-state index contributed by atoms with van der Waals surface area (Å²) in [6.07, 6.45) is 3.25. The van der Waals surface area contributed by atoms with Gasteiger partial charge in [0, 0.05) is 27.3 Å². The highest BCUT2D eigenvalue weighted by Gasteiger charge is 2.19. The van der Waals surface area contributed by atoms with Crippen molar-refractivity contribution in [1.29, 1.82) is 0 Å². The molecule has 132 valence electrons. The lowest BCUT2D eigenvalue weighted by Gasteiger charge is -2.22. The number of hydrogen-bond acceptors (Lipinski definition) is 5. The quantitative estimate of drug-likeness (QED) is 0.705. The van der Waals surface area contributed by atoms with Crippen molar-refractivity contribution in [2.24, 2.45) is 0 Å². The molecular weight excluding hydrogens is 328 g/mol. The largest absolute Gasteiger partial charge is 0.456 e. The number of amides is 1. The van der Waals surface area contributed by atoms with Crippen molar-refractivity contribution in [3.8, 4) is 11.5 Å². The number of aromatic nitrogens is 2. The highest BCUT2D eigenvalue weighted by molar-refractivity contribution is 6.05. The minimum atomic E-state index is -0.215. The summed E-state index contributed by atoms with van der Waals surface area (Å²) in [4.78, 5) is 24.7.